The van der Waals surface area contributed by atoms with Crippen molar-refractivity contribution in [3.63, 3.8) is 0 Å². The van der Waals surface area contributed by atoms with Crippen LogP contribution in [0.4, 0.5) is 0 Å². The zero-order valence-electron chi connectivity index (χ0n) is 15.3. The summed E-state index contributed by atoms with van der Waals surface area (Å²) < 4.78 is 0. The Morgan fingerprint density at radius 2 is 1.92 bits per heavy atom. The topological polar surface area (TPSA) is 58.1 Å². The van der Waals surface area contributed by atoms with Crippen LogP contribution in [0.25, 0.3) is 11.4 Å². The smallest absolute Gasteiger partial charge is 0.219 e. The first-order chi connectivity index (χ1) is 12.7. The summed E-state index contributed by atoms with van der Waals surface area (Å²) >= 11 is 0. The molecule has 0 bridgehead atoms. The van der Waals surface area contributed by atoms with Crippen LogP contribution in [0.2, 0.25) is 0 Å². The van der Waals surface area contributed by atoms with Crippen LogP contribution in [0.5, 0.6) is 0 Å². The van der Waals surface area contributed by atoms with E-state index in [0.717, 1.165) is 56.6 Å². The molecule has 1 aromatic carbocycles. The van der Waals surface area contributed by atoms with Crippen molar-refractivity contribution >= 4 is 5.91 Å². The Hall–Kier alpha value is -2.27. The maximum absolute atomic E-state index is 11.5. The minimum absolute atomic E-state index is 0.188. The normalized spacial score (nSPS) is 20.7. The summed E-state index contributed by atoms with van der Waals surface area (Å²) in [5.41, 5.74) is 3.51. The van der Waals surface area contributed by atoms with Crippen LogP contribution in [-0.4, -0.2) is 39.9 Å². The first-order valence-electron chi connectivity index (χ1n) is 9.63. The summed E-state index contributed by atoms with van der Waals surface area (Å²) in [5, 5.41) is 3.81. The summed E-state index contributed by atoms with van der Waals surface area (Å²) in [7, 11) is 0. The van der Waals surface area contributed by atoms with Gasteiger partial charge in [-0.1, -0.05) is 30.3 Å². The van der Waals surface area contributed by atoms with Gasteiger partial charge in [0.2, 0.25) is 5.91 Å². The van der Waals surface area contributed by atoms with Gasteiger partial charge in [0.05, 0.1) is 0 Å². The molecular formula is C21H26N4O. The number of rotatable bonds is 3. The van der Waals surface area contributed by atoms with E-state index in [-0.39, 0.29) is 5.91 Å². The van der Waals surface area contributed by atoms with Crippen LogP contribution in [0, 0.1) is 0 Å². The Kier molecular flexibility index (Phi) is 4.98. The van der Waals surface area contributed by atoms with Crippen LogP contribution >= 0.6 is 0 Å². The van der Waals surface area contributed by atoms with Gasteiger partial charge in [-0.25, -0.2) is 9.97 Å². The standard InChI is InChI=1S/C21H26N4O/c1-15(26)25-12-10-17(11-13-25)23-19-8-5-9-20-18(19)14-22-21(24-20)16-6-3-2-4-7-16/h2-4,6-7,14,17,19,23H,5,8-13H2,1H3. The van der Waals surface area contributed by atoms with Gasteiger partial charge in [0.25, 0.3) is 0 Å². The number of piperidine rings is 1. The fourth-order valence-corrected chi connectivity index (χ4v) is 4.09. The average molecular weight is 350 g/mol. The number of hydrogen-bond acceptors (Lipinski definition) is 4. The highest BCUT2D eigenvalue weighted by Crippen LogP contribution is 2.30. The Morgan fingerprint density at radius 3 is 2.65 bits per heavy atom. The van der Waals surface area contributed by atoms with Crippen molar-refractivity contribution in [2.24, 2.45) is 0 Å². The molecule has 2 heterocycles. The third-order valence-corrected chi connectivity index (χ3v) is 5.59. The first-order valence-corrected chi connectivity index (χ1v) is 9.63. The van der Waals surface area contributed by atoms with Crippen LogP contribution in [-0.2, 0) is 11.2 Å². The second-order valence-corrected chi connectivity index (χ2v) is 7.35. The van der Waals surface area contributed by atoms with E-state index in [2.05, 4.69) is 22.4 Å². The third-order valence-electron chi connectivity index (χ3n) is 5.59. The number of carbonyl (C=O) groups is 1. The maximum Gasteiger partial charge on any atom is 0.219 e. The number of fused-ring (bicyclic) bond motifs is 1. The number of hydrogen-bond donors (Lipinski definition) is 1. The molecule has 5 nitrogen and oxygen atoms in total. The molecule has 1 amide bonds. The second-order valence-electron chi connectivity index (χ2n) is 7.35. The molecule has 0 saturated carbocycles. The molecular weight excluding hydrogens is 324 g/mol. The molecule has 0 spiro atoms. The molecule has 1 unspecified atom stereocenters. The summed E-state index contributed by atoms with van der Waals surface area (Å²) in [4.78, 5) is 22.9. The molecule has 5 heteroatoms. The predicted molar refractivity (Wildman–Crippen MR) is 102 cm³/mol. The van der Waals surface area contributed by atoms with Crippen molar-refractivity contribution in [3.05, 3.63) is 47.8 Å². The molecule has 0 radical (unpaired) electrons. The van der Waals surface area contributed by atoms with E-state index in [1.807, 2.05) is 29.3 Å². The molecule has 1 saturated heterocycles. The number of aryl methyl sites for hydroxylation is 1. The molecule has 2 aliphatic rings. The lowest BCUT2D eigenvalue weighted by molar-refractivity contribution is -0.129. The highest BCUT2D eigenvalue weighted by Gasteiger charge is 2.27. The zero-order valence-corrected chi connectivity index (χ0v) is 15.3. The Balaban J connectivity index is 1.47. The van der Waals surface area contributed by atoms with Gasteiger partial charge in [-0.05, 0) is 32.1 Å². The summed E-state index contributed by atoms with van der Waals surface area (Å²) in [6.45, 7) is 3.37. The summed E-state index contributed by atoms with van der Waals surface area (Å²) in [6, 6.07) is 11.0. The molecule has 1 fully saturated rings. The fraction of sp³-hybridized carbons (Fsp3) is 0.476. The van der Waals surface area contributed by atoms with E-state index < -0.39 is 0 Å². The monoisotopic (exact) mass is 350 g/mol. The van der Waals surface area contributed by atoms with Crippen molar-refractivity contribution in [3.8, 4) is 11.4 Å². The molecule has 4 rings (SSSR count). The van der Waals surface area contributed by atoms with Crippen molar-refractivity contribution in [2.75, 3.05) is 13.1 Å². The van der Waals surface area contributed by atoms with E-state index in [4.69, 9.17) is 4.98 Å². The number of nitrogens with one attached hydrogen (secondary N) is 1. The minimum Gasteiger partial charge on any atom is -0.343 e. The van der Waals surface area contributed by atoms with Crippen LogP contribution < -0.4 is 5.32 Å². The van der Waals surface area contributed by atoms with Crippen LogP contribution in [0.3, 0.4) is 0 Å². The minimum atomic E-state index is 0.188. The van der Waals surface area contributed by atoms with E-state index in [9.17, 15) is 4.79 Å². The van der Waals surface area contributed by atoms with Gasteiger partial charge in [0.1, 0.15) is 0 Å². The van der Waals surface area contributed by atoms with Crippen molar-refractivity contribution in [2.45, 2.75) is 51.1 Å². The fourth-order valence-electron chi connectivity index (χ4n) is 4.09. The van der Waals surface area contributed by atoms with E-state index in [1.54, 1.807) is 6.92 Å². The number of carbonyl (C=O) groups excluding carboxylic acids is 1. The number of benzene rings is 1. The predicted octanol–water partition coefficient (Wildman–Crippen LogP) is 3.12. The lowest BCUT2D eigenvalue weighted by Gasteiger charge is -2.35. The molecule has 1 aliphatic carbocycles. The molecule has 1 N–H and O–H groups in total. The quantitative estimate of drug-likeness (QED) is 0.924. The van der Waals surface area contributed by atoms with Gasteiger partial charge < -0.3 is 10.2 Å². The van der Waals surface area contributed by atoms with Gasteiger partial charge in [-0.3, -0.25) is 4.79 Å². The number of nitrogens with zero attached hydrogens (tertiary/aromatic N) is 3. The molecule has 1 atom stereocenters. The Morgan fingerprint density at radius 1 is 1.15 bits per heavy atom. The van der Waals surface area contributed by atoms with E-state index in [0.29, 0.717) is 12.1 Å². The molecule has 2 aromatic rings. The van der Waals surface area contributed by atoms with Gasteiger partial charge in [-0.15, -0.1) is 0 Å². The Labute approximate surface area is 154 Å². The number of amides is 1. The SMILES string of the molecule is CC(=O)N1CCC(NC2CCCc3nc(-c4ccccc4)ncc32)CC1. The average Bonchev–Trinajstić information content (AvgIpc) is 2.69. The lowest BCUT2D eigenvalue weighted by atomic mass is 9.90. The molecule has 1 aromatic heterocycles. The molecule has 136 valence electrons. The van der Waals surface area contributed by atoms with Crippen molar-refractivity contribution in [1.82, 2.24) is 20.2 Å². The zero-order chi connectivity index (χ0) is 17.9. The second kappa shape index (κ2) is 7.54. The third kappa shape index (κ3) is 3.63. The van der Waals surface area contributed by atoms with E-state index in [1.165, 1.54) is 11.3 Å². The van der Waals surface area contributed by atoms with Gasteiger partial charge in [-0.2, -0.15) is 0 Å². The van der Waals surface area contributed by atoms with Crippen LogP contribution in [0.15, 0.2) is 36.5 Å². The largest absolute Gasteiger partial charge is 0.343 e. The van der Waals surface area contributed by atoms with Crippen LogP contribution in [0.1, 0.15) is 49.9 Å². The van der Waals surface area contributed by atoms with Gasteiger partial charge >= 0.3 is 0 Å². The Bertz CT molecular complexity index is 769. The first kappa shape index (κ1) is 17.2. The summed E-state index contributed by atoms with van der Waals surface area (Å²) in [6.07, 6.45) is 7.38. The number of likely N-dealkylation sites (tertiary alicyclic amines) is 1. The molecule has 1 aliphatic heterocycles. The van der Waals surface area contributed by atoms with Gasteiger partial charge in [0, 0.05) is 55.1 Å². The van der Waals surface area contributed by atoms with Crippen molar-refractivity contribution < 1.29 is 4.79 Å². The number of aromatic nitrogens is 2. The maximum atomic E-state index is 11.5. The highest BCUT2D eigenvalue weighted by atomic mass is 16.2. The summed E-state index contributed by atoms with van der Waals surface area (Å²) in [5.74, 6) is 1.01. The van der Waals surface area contributed by atoms with E-state index >= 15 is 0 Å². The van der Waals surface area contributed by atoms with Crippen molar-refractivity contribution in [1.29, 1.82) is 0 Å². The highest BCUT2D eigenvalue weighted by molar-refractivity contribution is 5.73. The molecule has 26 heavy (non-hydrogen) atoms. The van der Waals surface area contributed by atoms with Gasteiger partial charge in [0.15, 0.2) is 5.82 Å². The lowest BCUT2D eigenvalue weighted by Crippen LogP contribution is -2.45.